The van der Waals surface area contributed by atoms with Crippen molar-refractivity contribution in [1.82, 2.24) is 4.90 Å². The van der Waals surface area contributed by atoms with Crippen LogP contribution in [-0.2, 0) is 6.42 Å². The minimum absolute atomic E-state index is 0.654. The largest absolute Gasteiger partial charge is 0.493 e. The van der Waals surface area contributed by atoms with Crippen molar-refractivity contribution >= 4 is 5.69 Å². The van der Waals surface area contributed by atoms with Crippen molar-refractivity contribution in [2.75, 3.05) is 59.0 Å². The third kappa shape index (κ3) is 4.71. The topological polar surface area (TPSA) is 34.2 Å². The Balaban J connectivity index is 1.51. The number of hydrogen-bond acceptors (Lipinski definition) is 5. The second-order valence-electron chi connectivity index (χ2n) is 7.25. The summed E-state index contributed by atoms with van der Waals surface area (Å²) < 4.78 is 16.3. The van der Waals surface area contributed by atoms with Crippen LogP contribution < -0.4 is 19.1 Å². The van der Waals surface area contributed by atoms with E-state index in [1.807, 2.05) is 0 Å². The highest BCUT2D eigenvalue weighted by Crippen LogP contribution is 2.38. The third-order valence-corrected chi connectivity index (χ3v) is 5.49. The van der Waals surface area contributed by atoms with Crippen LogP contribution in [0.15, 0.2) is 36.4 Å². The van der Waals surface area contributed by atoms with Crippen molar-refractivity contribution in [3.05, 3.63) is 47.5 Å². The maximum Gasteiger partial charge on any atom is 0.203 e. The number of nitrogens with zero attached hydrogens (tertiary/aromatic N) is 2. The number of benzene rings is 2. The lowest BCUT2D eigenvalue weighted by atomic mass is 10.1. The van der Waals surface area contributed by atoms with E-state index in [1.54, 1.807) is 21.3 Å². The molecule has 0 bridgehead atoms. The summed E-state index contributed by atoms with van der Waals surface area (Å²) in [5.74, 6) is 2.11. The SMILES string of the molecule is COc1cc(CCCN2CCN(c3ccccc3C)CC2)cc(OC)c1OC. The molecular formula is C23H32N2O3. The lowest BCUT2D eigenvalue weighted by Crippen LogP contribution is -2.46. The maximum atomic E-state index is 5.46. The lowest BCUT2D eigenvalue weighted by molar-refractivity contribution is 0.255. The summed E-state index contributed by atoms with van der Waals surface area (Å²) in [6, 6.07) is 12.8. The highest BCUT2D eigenvalue weighted by molar-refractivity contribution is 5.54. The van der Waals surface area contributed by atoms with Gasteiger partial charge in [-0.15, -0.1) is 0 Å². The predicted molar refractivity (Wildman–Crippen MR) is 114 cm³/mol. The molecule has 0 saturated carbocycles. The van der Waals surface area contributed by atoms with Crippen LogP contribution in [0.2, 0.25) is 0 Å². The Labute approximate surface area is 168 Å². The zero-order chi connectivity index (χ0) is 19.9. The molecule has 2 aromatic rings. The molecule has 1 aliphatic rings. The first-order valence-corrected chi connectivity index (χ1v) is 9.98. The van der Waals surface area contributed by atoms with Crippen LogP contribution in [0.5, 0.6) is 17.2 Å². The van der Waals surface area contributed by atoms with Crippen molar-refractivity contribution in [1.29, 1.82) is 0 Å². The second-order valence-corrected chi connectivity index (χ2v) is 7.25. The van der Waals surface area contributed by atoms with E-state index in [1.165, 1.54) is 16.8 Å². The number of aryl methyl sites for hydroxylation is 2. The average molecular weight is 385 g/mol. The van der Waals surface area contributed by atoms with Crippen LogP contribution in [0.1, 0.15) is 17.5 Å². The van der Waals surface area contributed by atoms with Crippen molar-refractivity contribution < 1.29 is 14.2 Å². The molecule has 0 unspecified atom stereocenters. The Morgan fingerprint density at radius 1 is 0.857 bits per heavy atom. The molecule has 2 aromatic carbocycles. The summed E-state index contributed by atoms with van der Waals surface area (Å²) in [4.78, 5) is 5.07. The minimum atomic E-state index is 0.654. The van der Waals surface area contributed by atoms with E-state index in [0.717, 1.165) is 57.1 Å². The summed E-state index contributed by atoms with van der Waals surface area (Å²) in [6.45, 7) is 7.72. The van der Waals surface area contributed by atoms with E-state index < -0.39 is 0 Å². The van der Waals surface area contributed by atoms with Crippen LogP contribution in [0, 0.1) is 6.92 Å². The molecule has 5 heteroatoms. The summed E-state index contributed by atoms with van der Waals surface area (Å²) >= 11 is 0. The Morgan fingerprint density at radius 2 is 1.50 bits per heavy atom. The Kier molecular flexibility index (Phi) is 7.04. The number of anilines is 1. The molecule has 0 N–H and O–H groups in total. The first kappa shape index (κ1) is 20.3. The highest BCUT2D eigenvalue weighted by Gasteiger charge is 2.18. The molecule has 0 radical (unpaired) electrons. The fourth-order valence-electron chi connectivity index (χ4n) is 3.92. The number of para-hydroxylation sites is 1. The second kappa shape index (κ2) is 9.69. The molecule has 0 spiro atoms. The molecule has 1 aliphatic heterocycles. The van der Waals surface area contributed by atoms with Crippen molar-refractivity contribution in [2.24, 2.45) is 0 Å². The number of ether oxygens (including phenoxy) is 3. The Bertz CT molecular complexity index is 745. The van der Waals surface area contributed by atoms with E-state index >= 15 is 0 Å². The van der Waals surface area contributed by atoms with Gasteiger partial charge in [0, 0.05) is 31.9 Å². The Hall–Kier alpha value is -2.40. The van der Waals surface area contributed by atoms with Gasteiger partial charge in [0.25, 0.3) is 0 Å². The van der Waals surface area contributed by atoms with E-state index in [9.17, 15) is 0 Å². The monoisotopic (exact) mass is 384 g/mol. The van der Waals surface area contributed by atoms with Gasteiger partial charge in [-0.05, 0) is 55.6 Å². The molecule has 0 amide bonds. The van der Waals surface area contributed by atoms with E-state index in [0.29, 0.717) is 5.75 Å². The van der Waals surface area contributed by atoms with Gasteiger partial charge in [-0.2, -0.15) is 0 Å². The van der Waals surface area contributed by atoms with Gasteiger partial charge in [-0.3, -0.25) is 4.90 Å². The van der Waals surface area contributed by atoms with Crippen molar-refractivity contribution in [3.63, 3.8) is 0 Å². The molecule has 152 valence electrons. The standard InChI is InChI=1S/C23H32N2O3/c1-18-8-5-6-10-20(18)25-14-12-24(13-15-25)11-7-9-19-16-21(26-2)23(28-4)22(17-19)27-3/h5-6,8,10,16-17H,7,9,11-15H2,1-4H3. The summed E-state index contributed by atoms with van der Waals surface area (Å²) in [5.41, 5.74) is 3.95. The fourth-order valence-corrected chi connectivity index (χ4v) is 3.92. The Morgan fingerprint density at radius 3 is 2.07 bits per heavy atom. The van der Waals surface area contributed by atoms with Gasteiger partial charge in [-0.25, -0.2) is 0 Å². The maximum absolute atomic E-state index is 5.46. The van der Waals surface area contributed by atoms with Crippen LogP contribution in [0.4, 0.5) is 5.69 Å². The lowest BCUT2D eigenvalue weighted by Gasteiger charge is -2.36. The van der Waals surface area contributed by atoms with Crippen molar-refractivity contribution in [2.45, 2.75) is 19.8 Å². The highest BCUT2D eigenvalue weighted by atomic mass is 16.5. The normalized spacial score (nSPS) is 14.8. The van der Waals surface area contributed by atoms with Gasteiger partial charge in [0.15, 0.2) is 11.5 Å². The summed E-state index contributed by atoms with van der Waals surface area (Å²) in [7, 11) is 4.96. The minimum Gasteiger partial charge on any atom is -0.493 e. The molecule has 1 heterocycles. The molecule has 0 atom stereocenters. The number of methoxy groups -OCH3 is 3. The quantitative estimate of drug-likeness (QED) is 0.692. The zero-order valence-electron chi connectivity index (χ0n) is 17.5. The van der Waals surface area contributed by atoms with E-state index in [-0.39, 0.29) is 0 Å². The van der Waals surface area contributed by atoms with Gasteiger partial charge < -0.3 is 19.1 Å². The van der Waals surface area contributed by atoms with Crippen LogP contribution in [0.25, 0.3) is 0 Å². The zero-order valence-corrected chi connectivity index (χ0v) is 17.5. The number of piperazine rings is 1. The molecule has 0 aromatic heterocycles. The fraction of sp³-hybridized carbons (Fsp3) is 0.478. The van der Waals surface area contributed by atoms with Crippen LogP contribution >= 0.6 is 0 Å². The third-order valence-electron chi connectivity index (χ3n) is 5.49. The molecule has 3 rings (SSSR count). The van der Waals surface area contributed by atoms with E-state index in [2.05, 4.69) is 53.1 Å². The molecule has 0 aliphatic carbocycles. The number of rotatable bonds is 8. The van der Waals surface area contributed by atoms with Crippen LogP contribution in [-0.4, -0.2) is 59.0 Å². The van der Waals surface area contributed by atoms with Crippen LogP contribution in [0.3, 0.4) is 0 Å². The number of hydrogen-bond donors (Lipinski definition) is 0. The van der Waals surface area contributed by atoms with Gasteiger partial charge in [0.1, 0.15) is 0 Å². The smallest absolute Gasteiger partial charge is 0.203 e. The predicted octanol–water partition coefficient (Wildman–Crippen LogP) is 3.78. The first-order chi connectivity index (χ1) is 13.7. The average Bonchev–Trinajstić information content (AvgIpc) is 2.74. The van der Waals surface area contributed by atoms with Gasteiger partial charge in [-0.1, -0.05) is 18.2 Å². The van der Waals surface area contributed by atoms with Gasteiger partial charge >= 0.3 is 0 Å². The molecule has 1 fully saturated rings. The summed E-state index contributed by atoms with van der Waals surface area (Å²) in [6.07, 6.45) is 2.11. The summed E-state index contributed by atoms with van der Waals surface area (Å²) in [5, 5.41) is 0. The molecular weight excluding hydrogens is 352 g/mol. The molecule has 1 saturated heterocycles. The van der Waals surface area contributed by atoms with Gasteiger partial charge in [0.05, 0.1) is 21.3 Å². The molecule has 28 heavy (non-hydrogen) atoms. The molecule has 5 nitrogen and oxygen atoms in total. The van der Waals surface area contributed by atoms with Gasteiger partial charge in [0.2, 0.25) is 5.75 Å². The first-order valence-electron chi connectivity index (χ1n) is 9.98. The van der Waals surface area contributed by atoms with E-state index in [4.69, 9.17) is 14.2 Å². The van der Waals surface area contributed by atoms with Crippen molar-refractivity contribution in [3.8, 4) is 17.2 Å².